The van der Waals surface area contributed by atoms with Crippen LogP contribution in [0.2, 0.25) is 0 Å². The maximum absolute atomic E-state index is 11.5. The molecule has 1 N–H and O–H groups in total. The van der Waals surface area contributed by atoms with E-state index in [2.05, 4.69) is 66.8 Å². The molecule has 1 aliphatic rings. The first-order chi connectivity index (χ1) is 13.2. The van der Waals surface area contributed by atoms with Gasteiger partial charge in [0, 0.05) is 18.5 Å². The fourth-order valence-corrected chi connectivity index (χ4v) is 4.06. The molecule has 3 heteroatoms. The molecular weight excluding hydrogens is 334 g/mol. The van der Waals surface area contributed by atoms with E-state index in [0.717, 1.165) is 6.42 Å². The Morgan fingerprint density at radius 3 is 2.56 bits per heavy atom. The molecule has 0 saturated heterocycles. The average Bonchev–Trinajstić information content (AvgIpc) is 3.16. The molecule has 0 aromatic heterocycles. The molecule has 3 nitrogen and oxygen atoms in total. The molecule has 0 spiro atoms. The third-order valence-electron chi connectivity index (χ3n) is 5.59. The van der Waals surface area contributed by atoms with Crippen LogP contribution in [0.5, 0.6) is 0 Å². The standard InChI is InChI=1S/C24H31NO2/c1-3-27-24(26)16-11-19-9-12-21(13-10-19)22-14-15-23(17-22)25-18(2)20-7-5-4-6-8-20/h4-10,12-13,18,22-23,25H,3,11,14-17H2,1-2H3. The largest absolute Gasteiger partial charge is 0.466 e. The van der Waals surface area contributed by atoms with Crippen LogP contribution >= 0.6 is 0 Å². The highest BCUT2D eigenvalue weighted by atomic mass is 16.5. The number of carbonyl (C=O) groups is 1. The lowest BCUT2D eigenvalue weighted by Crippen LogP contribution is -2.29. The van der Waals surface area contributed by atoms with Crippen molar-refractivity contribution < 1.29 is 9.53 Å². The van der Waals surface area contributed by atoms with Crippen LogP contribution in [0, 0.1) is 0 Å². The molecule has 3 unspecified atom stereocenters. The summed E-state index contributed by atoms with van der Waals surface area (Å²) in [5.74, 6) is 0.517. The van der Waals surface area contributed by atoms with E-state index in [4.69, 9.17) is 4.74 Å². The number of ether oxygens (including phenoxy) is 1. The molecule has 0 aliphatic heterocycles. The summed E-state index contributed by atoms with van der Waals surface area (Å²) < 4.78 is 5.00. The van der Waals surface area contributed by atoms with E-state index in [9.17, 15) is 4.79 Å². The number of nitrogens with one attached hydrogen (secondary N) is 1. The SMILES string of the molecule is CCOC(=O)CCc1ccc(C2CCC(NC(C)c3ccccc3)C2)cc1. The topological polar surface area (TPSA) is 38.3 Å². The first kappa shape index (κ1) is 19.6. The highest BCUT2D eigenvalue weighted by molar-refractivity contribution is 5.69. The molecule has 0 amide bonds. The summed E-state index contributed by atoms with van der Waals surface area (Å²) in [7, 11) is 0. The summed E-state index contributed by atoms with van der Waals surface area (Å²) in [6.45, 7) is 4.55. The summed E-state index contributed by atoms with van der Waals surface area (Å²) >= 11 is 0. The van der Waals surface area contributed by atoms with Gasteiger partial charge in [-0.2, -0.15) is 0 Å². The predicted octanol–water partition coefficient (Wildman–Crippen LogP) is 5.17. The predicted molar refractivity (Wildman–Crippen MR) is 110 cm³/mol. The Morgan fingerprint density at radius 1 is 1.11 bits per heavy atom. The van der Waals surface area contributed by atoms with Crippen LogP contribution in [0.1, 0.15) is 68.2 Å². The first-order valence-electron chi connectivity index (χ1n) is 10.2. The Bertz CT molecular complexity index is 711. The van der Waals surface area contributed by atoms with E-state index in [1.807, 2.05) is 6.92 Å². The van der Waals surface area contributed by atoms with Crippen LogP contribution in [0.3, 0.4) is 0 Å². The van der Waals surface area contributed by atoms with E-state index in [1.165, 1.54) is 36.0 Å². The van der Waals surface area contributed by atoms with Gasteiger partial charge in [-0.05, 0) is 62.1 Å². The van der Waals surface area contributed by atoms with Crippen molar-refractivity contribution in [3.8, 4) is 0 Å². The van der Waals surface area contributed by atoms with Crippen LogP contribution in [-0.2, 0) is 16.0 Å². The summed E-state index contributed by atoms with van der Waals surface area (Å²) in [6, 6.07) is 20.5. The van der Waals surface area contributed by atoms with Gasteiger partial charge in [0.1, 0.15) is 0 Å². The van der Waals surface area contributed by atoms with E-state index >= 15 is 0 Å². The molecule has 0 heterocycles. The second-order valence-electron chi connectivity index (χ2n) is 7.55. The van der Waals surface area contributed by atoms with Gasteiger partial charge in [0.25, 0.3) is 0 Å². The third kappa shape index (κ3) is 5.67. The smallest absolute Gasteiger partial charge is 0.306 e. The summed E-state index contributed by atoms with van der Waals surface area (Å²) in [5, 5.41) is 3.80. The minimum Gasteiger partial charge on any atom is -0.466 e. The normalized spacial score (nSPS) is 20.4. The lowest BCUT2D eigenvalue weighted by molar-refractivity contribution is -0.143. The van der Waals surface area contributed by atoms with Gasteiger partial charge >= 0.3 is 5.97 Å². The average molecular weight is 366 g/mol. The Kier molecular flexibility index (Phi) is 7.05. The van der Waals surface area contributed by atoms with Crippen LogP contribution in [-0.4, -0.2) is 18.6 Å². The molecule has 1 saturated carbocycles. The Balaban J connectivity index is 1.49. The van der Waals surface area contributed by atoms with Crippen LogP contribution < -0.4 is 5.32 Å². The Hall–Kier alpha value is -2.13. The molecular formula is C24H31NO2. The summed E-state index contributed by atoms with van der Waals surface area (Å²) in [6.07, 6.45) is 4.87. The van der Waals surface area contributed by atoms with E-state index in [1.54, 1.807) is 0 Å². The second-order valence-corrected chi connectivity index (χ2v) is 7.55. The fourth-order valence-electron chi connectivity index (χ4n) is 4.06. The quantitative estimate of drug-likeness (QED) is 0.656. The zero-order chi connectivity index (χ0) is 19.1. The summed E-state index contributed by atoms with van der Waals surface area (Å²) in [5.41, 5.74) is 3.98. The Labute approximate surface area is 163 Å². The van der Waals surface area contributed by atoms with Crippen LogP contribution in [0.4, 0.5) is 0 Å². The molecule has 3 atom stereocenters. The molecule has 2 aromatic rings. The lowest BCUT2D eigenvalue weighted by atomic mass is 9.95. The molecule has 2 aromatic carbocycles. The van der Waals surface area contributed by atoms with Crippen molar-refractivity contribution in [1.29, 1.82) is 0 Å². The van der Waals surface area contributed by atoms with Crippen molar-refractivity contribution in [3.63, 3.8) is 0 Å². The number of carbonyl (C=O) groups excluding carboxylic acids is 1. The number of esters is 1. The zero-order valence-electron chi connectivity index (χ0n) is 16.5. The minimum atomic E-state index is -0.112. The van der Waals surface area contributed by atoms with Crippen molar-refractivity contribution in [2.45, 2.75) is 64.0 Å². The molecule has 0 bridgehead atoms. The zero-order valence-corrected chi connectivity index (χ0v) is 16.5. The van der Waals surface area contributed by atoms with Gasteiger partial charge in [0.05, 0.1) is 6.61 Å². The summed E-state index contributed by atoms with van der Waals surface area (Å²) in [4.78, 5) is 11.5. The highest BCUT2D eigenvalue weighted by Crippen LogP contribution is 2.35. The van der Waals surface area contributed by atoms with E-state index in [0.29, 0.717) is 31.0 Å². The first-order valence-corrected chi connectivity index (χ1v) is 10.2. The van der Waals surface area contributed by atoms with Gasteiger partial charge in [-0.25, -0.2) is 0 Å². The minimum absolute atomic E-state index is 0.112. The molecule has 1 aliphatic carbocycles. The number of aryl methyl sites for hydroxylation is 1. The Morgan fingerprint density at radius 2 is 1.85 bits per heavy atom. The van der Waals surface area contributed by atoms with E-state index in [-0.39, 0.29) is 5.97 Å². The molecule has 27 heavy (non-hydrogen) atoms. The fraction of sp³-hybridized carbons (Fsp3) is 0.458. The monoisotopic (exact) mass is 365 g/mol. The van der Waals surface area contributed by atoms with Gasteiger partial charge in [-0.15, -0.1) is 0 Å². The van der Waals surface area contributed by atoms with Crippen LogP contribution in [0.25, 0.3) is 0 Å². The number of hydrogen-bond acceptors (Lipinski definition) is 3. The molecule has 144 valence electrons. The van der Waals surface area contributed by atoms with Gasteiger partial charge in [-0.3, -0.25) is 4.79 Å². The van der Waals surface area contributed by atoms with Crippen molar-refractivity contribution in [2.24, 2.45) is 0 Å². The van der Waals surface area contributed by atoms with Gasteiger partial charge in [-0.1, -0.05) is 54.6 Å². The van der Waals surface area contributed by atoms with Gasteiger partial charge in [0.15, 0.2) is 0 Å². The molecule has 3 rings (SSSR count). The lowest BCUT2D eigenvalue weighted by Gasteiger charge is -2.20. The number of hydrogen-bond donors (Lipinski definition) is 1. The van der Waals surface area contributed by atoms with Crippen molar-refractivity contribution in [1.82, 2.24) is 5.32 Å². The molecule has 1 fully saturated rings. The van der Waals surface area contributed by atoms with Crippen molar-refractivity contribution >= 4 is 5.97 Å². The van der Waals surface area contributed by atoms with Crippen molar-refractivity contribution in [2.75, 3.05) is 6.61 Å². The maximum Gasteiger partial charge on any atom is 0.306 e. The maximum atomic E-state index is 11.5. The molecule has 0 radical (unpaired) electrons. The second kappa shape index (κ2) is 9.70. The van der Waals surface area contributed by atoms with E-state index < -0.39 is 0 Å². The highest BCUT2D eigenvalue weighted by Gasteiger charge is 2.26. The van der Waals surface area contributed by atoms with Gasteiger partial charge in [0.2, 0.25) is 0 Å². The van der Waals surface area contributed by atoms with Crippen LogP contribution in [0.15, 0.2) is 54.6 Å². The van der Waals surface area contributed by atoms with Gasteiger partial charge < -0.3 is 10.1 Å². The number of rotatable bonds is 8. The third-order valence-corrected chi connectivity index (χ3v) is 5.59. The number of benzene rings is 2. The van der Waals surface area contributed by atoms with Crippen molar-refractivity contribution in [3.05, 3.63) is 71.3 Å².